The van der Waals surface area contributed by atoms with Crippen molar-refractivity contribution < 1.29 is 4.79 Å². The van der Waals surface area contributed by atoms with Crippen molar-refractivity contribution in [2.75, 3.05) is 19.6 Å². The van der Waals surface area contributed by atoms with Gasteiger partial charge < -0.3 is 16.4 Å². The van der Waals surface area contributed by atoms with Crippen molar-refractivity contribution in [1.29, 1.82) is 0 Å². The second kappa shape index (κ2) is 10.8. The van der Waals surface area contributed by atoms with Crippen molar-refractivity contribution in [3.8, 4) is 11.8 Å². The Morgan fingerprint density at radius 1 is 1.27 bits per heavy atom. The number of amides is 1. The van der Waals surface area contributed by atoms with Gasteiger partial charge in [-0.2, -0.15) is 0 Å². The highest BCUT2D eigenvalue weighted by atomic mass is 16.2. The van der Waals surface area contributed by atoms with Gasteiger partial charge >= 0.3 is 0 Å². The normalized spacial score (nSPS) is 11.4. The first-order valence-corrected chi connectivity index (χ1v) is 7.97. The summed E-state index contributed by atoms with van der Waals surface area (Å²) in [4.78, 5) is 14.1. The highest BCUT2D eigenvalue weighted by molar-refractivity contribution is 5.81. The van der Waals surface area contributed by atoms with Crippen LogP contribution >= 0.6 is 0 Å². The first-order chi connectivity index (χ1) is 10.7. The smallest absolute Gasteiger partial charge is 0.240 e. The van der Waals surface area contributed by atoms with Crippen LogP contribution in [0.3, 0.4) is 0 Å². The Morgan fingerprint density at radius 2 is 2.00 bits per heavy atom. The summed E-state index contributed by atoms with van der Waals surface area (Å²) in [5.74, 6) is 6.13. The minimum atomic E-state index is -0.448. The summed E-state index contributed by atoms with van der Waals surface area (Å²) in [5, 5.41) is 0. The SMILES string of the molecule is CCCN(CC#Cc1ccccc1)C(=O)[C@@H](N)CCCCN. The second-order valence-electron chi connectivity index (χ2n) is 5.32. The van der Waals surface area contributed by atoms with Gasteiger partial charge in [0.25, 0.3) is 0 Å². The van der Waals surface area contributed by atoms with Crippen molar-refractivity contribution >= 4 is 5.91 Å². The molecule has 1 amide bonds. The number of rotatable bonds is 8. The van der Waals surface area contributed by atoms with E-state index >= 15 is 0 Å². The van der Waals surface area contributed by atoms with Crippen molar-refractivity contribution in [1.82, 2.24) is 4.90 Å². The average Bonchev–Trinajstić information content (AvgIpc) is 2.54. The molecule has 22 heavy (non-hydrogen) atoms. The lowest BCUT2D eigenvalue weighted by molar-refractivity contribution is -0.132. The molecule has 0 aromatic heterocycles. The molecule has 0 radical (unpaired) electrons. The van der Waals surface area contributed by atoms with E-state index in [9.17, 15) is 4.79 Å². The van der Waals surface area contributed by atoms with Gasteiger partial charge in [-0.05, 0) is 37.9 Å². The van der Waals surface area contributed by atoms with Crippen LogP contribution in [0.1, 0.15) is 38.2 Å². The molecule has 0 saturated carbocycles. The Bertz CT molecular complexity index is 490. The lowest BCUT2D eigenvalue weighted by Gasteiger charge is -2.23. The van der Waals surface area contributed by atoms with E-state index in [4.69, 9.17) is 11.5 Å². The summed E-state index contributed by atoms with van der Waals surface area (Å²) in [5.41, 5.74) is 12.4. The molecule has 0 spiro atoms. The monoisotopic (exact) mass is 301 g/mol. The summed E-state index contributed by atoms with van der Waals surface area (Å²) in [7, 11) is 0. The predicted molar refractivity (Wildman–Crippen MR) is 91.1 cm³/mol. The maximum Gasteiger partial charge on any atom is 0.240 e. The molecule has 0 unspecified atom stereocenters. The zero-order chi connectivity index (χ0) is 16.2. The summed E-state index contributed by atoms with van der Waals surface area (Å²) in [6.07, 6.45) is 3.37. The molecule has 1 aromatic rings. The van der Waals surface area contributed by atoms with E-state index < -0.39 is 6.04 Å². The molecule has 1 rings (SSSR count). The highest BCUT2D eigenvalue weighted by Crippen LogP contribution is 2.03. The van der Waals surface area contributed by atoms with Gasteiger partial charge in [0.1, 0.15) is 0 Å². The lowest BCUT2D eigenvalue weighted by Crippen LogP contribution is -2.44. The molecule has 1 atom stereocenters. The number of hydrogen-bond acceptors (Lipinski definition) is 3. The van der Waals surface area contributed by atoms with Gasteiger partial charge in [0.05, 0.1) is 12.6 Å². The van der Waals surface area contributed by atoms with Gasteiger partial charge in [-0.25, -0.2) is 0 Å². The molecular weight excluding hydrogens is 274 g/mol. The number of nitrogens with zero attached hydrogens (tertiary/aromatic N) is 1. The standard InChI is InChI=1S/C18H27N3O/c1-2-14-21(18(22)17(20)12-6-7-13-19)15-8-11-16-9-4-3-5-10-16/h3-5,9-10,17H,2,6-7,12-15,19-20H2,1H3/t17-/m0/s1. The number of unbranched alkanes of at least 4 members (excludes halogenated alkanes) is 1. The Labute approximate surface area is 133 Å². The third kappa shape index (κ3) is 6.75. The molecular formula is C18H27N3O. The van der Waals surface area contributed by atoms with Crippen molar-refractivity contribution in [3.05, 3.63) is 35.9 Å². The van der Waals surface area contributed by atoms with E-state index in [1.165, 1.54) is 0 Å². The molecule has 120 valence electrons. The fourth-order valence-corrected chi connectivity index (χ4v) is 2.16. The van der Waals surface area contributed by atoms with Crippen LogP contribution in [0.15, 0.2) is 30.3 Å². The first kappa shape index (κ1) is 18.2. The molecule has 0 aliphatic rings. The van der Waals surface area contributed by atoms with E-state index in [-0.39, 0.29) is 5.91 Å². The molecule has 0 fully saturated rings. The van der Waals surface area contributed by atoms with Gasteiger partial charge in [0.2, 0.25) is 5.91 Å². The zero-order valence-corrected chi connectivity index (χ0v) is 13.4. The molecule has 1 aromatic carbocycles. The maximum absolute atomic E-state index is 12.4. The third-order valence-corrected chi connectivity index (χ3v) is 3.37. The molecule has 0 aliphatic heterocycles. The summed E-state index contributed by atoms with van der Waals surface area (Å²) in [6, 6.07) is 9.32. The van der Waals surface area contributed by atoms with Crippen LogP contribution < -0.4 is 11.5 Å². The predicted octanol–water partition coefficient (Wildman–Crippen LogP) is 1.73. The molecule has 0 saturated heterocycles. The van der Waals surface area contributed by atoms with Gasteiger partial charge in [-0.15, -0.1) is 0 Å². The minimum absolute atomic E-state index is 0.0127. The fraction of sp³-hybridized carbons (Fsp3) is 0.500. The minimum Gasteiger partial charge on any atom is -0.330 e. The van der Waals surface area contributed by atoms with Crippen LogP contribution in [0.25, 0.3) is 0 Å². The third-order valence-electron chi connectivity index (χ3n) is 3.37. The van der Waals surface area contributed by atoms with Gasteiger partial charge in [0.15, 0.2) is 0 Å². The Hall–Kier alpha value is -1.83. The topological polar surface area (TPSA) is 72.3 Å². The Morgan fingerprint density at radius 3 is 2.64 bits per heavy atom. The fourth-order valence-electron chi connectivity index (χ4n) is 2.16. The van der Waals surface area contributed by atoms with Crippen LogP contribution in [-0.2, 0) is 4.79 Å². The molecule has 0 bridgehead atoms. The largest absolute Gasteiger partial charge is 0.330 e. The van der Waals surface area contributed by atoms with Crippen molar-refractivity contribution in [2.24, 2.45) is 11.5 Å². The molecule has 0 heterocycles. The zero-order valence-electron chi connectivity index (χ0n) is 13.4. The molecule has 4 nitrogen and oxygen atoms in total. The Balaban J connectivity index is 2.57. The number of carbonyl (C=O) groups excluding carboxylic acids is 1. The van der Waals surface area contributed by atoms with E-state index in [1.807, 2.05) is 37.3 Å². The van der Waals surface area contributed by atoms with Crippen LogP contribution in [0.2, 0.25) is 0 Å². The summed E-state index contributed by atoms with van der Waals surface area (Å²) < 4.78 is 0. The first-order valence-electron chi connectivity index (χ1n) is 7.97. The van der Waals surface area contributed by atoms with Crippen molar-refractivity contribution in [3.63, 3.8) is 0 Å². The van der Waals surface area contributed by atoms with Gasteiger partial charge in [-0.3, -0.25) is 4.79 Å². The lowest BCUT2D eigenvalue weighted by atomic mass is 10.1. The number of hydrogen-bond donors (Lipinski definition) is 2. The van der Waals surface area contributed by atoms with E-state index in [0.717, 1.165) is 24.8 Å². The Kier molecular flexibility index (Phi) is 8.97. The van der Waals surface area contributed by atoms with Crippen LogP contribution in [0.5, 0.6) is 0 Å². The average molecular weight is 301 g/mol. The van der Waals surface area contributed by atoms with Crippen LogP contribution in [-0.4, -0.2) is 36.5 Å². The van der Waals surface area contributed by atoms with Gasteiger partial charge in [-0.1, -0.05) is 43.4 Å². The highest BCUT2D eigenvalue weighted by Gasteiger charge is 2.19. The number of benzene rings is 1. The molecule has 0 aliphatic carbocycles. The van der Waals surface area contributed by atoms with E-state index in [2.05, 4.69) is 11.8 Å². The van der Waals surface area contributed by atoms with Gasteiger partial charge in [0, 0.05) is 12.1 Å². The molecule has 4 heteroatoms. The number of carbonyl (C=O) groups is 1. The molecule has 4 N–H and O–H groups in total. The van der Waals surface area contributed by atoms with Crippen LogP contribution in [0.4, 0.5) is 0 Å². The quantitative estimate of drug-likeness (QED) is 0.567. The summed E-state index contributed by atoms with van der Waals surface area (Å²) >= 11 is 0. The summed E-state index contributed by atoms with van der Waals surface area (Å²) in [6.45, 7) is 3.80. The van der Waals surface area contributed by atoms with E-state index in [1.54, 1.807) is 4.90 Å². The van der Waals surface area contributed by atoms with E-state index in [0.29, 0.717) is 26.1 Å². The number of nitrogens with two attached hydrogens (primary N) is 2. The van der Waals surface area contributed by atoms with Crippen LogP contribution in [0, 0.1) is 11.8 Å². The van der Waals surface area contributed by atoms with Crippen molar-refractivity contribution in [2.45, 2.75) is 38.6 Å². The maximum atomic E-state index is 12.4. The second-order valence-corrected chi connectivity index (χ2v) is 5.32.